The zero-order valence-electron chi connectivity index (χ0n) is 22.7. The zero-order chi connectivity index (χ0) is 28.8. The maximum absolute atomic E-state index is 13.8. The van der Waals surface area contributed by atoms with Crippen molar-refractivity contribution in [1.29, 1.82) is 0 Å². The topological polar surface area (TPSA) is 96.0 Å². The van der Waals surface area contributed by atoms with Gasteiger partial charge in [-0.05, 0) is 80.4 Å². The van der Waals surface area contributed by atoms with Crippen molar-refractivity contribution < 1.29 is 22.7 Å². The number of amides is 2. The Morgan fingerprint density at radius 1 is 0.805 bits per heavy atom. The van der Waals surface area contributed by atoms with Gasteiger partial charge in [0.1, 0.15) is 18.0 Å². The number of nitrogens with one attached hydrogen (secondary N) is 1. The number of ether oxygens (including phenoxy) is 1. The van der Waals surface area contributed by atoms with Crippen LogP contribution in [-0.2, 0) is 14.8 Å². The molecule has 0 saturated carbocycles. The summed E-state index contributed by atoms with van der Waals surface area (Å²) in [4.78, 5) is 28.3. The Kier molecular flexibility index (Phi) is 8.35. The van der Waals surface area contributed by atoms with Gasteiger partial charge in [-0.2, -0.15) is 0 Å². The summed E-state index contributed by atoms with van der Waals surface area (Å²) in [5, 5.41) is 2.77. The number of para-hydroxylation sites is 2. The molecule has 1 aliphatic heterocycles. The molecule has 5 rings (SSSR count). The van der Waals surface area contributed by atoms with E-state index in [1.54, 1.807) is 65.6 Å². The minimum atomic E-state index is -4.11. The highest BCUT2D eigenvalue weighted by Crippen LogP contribution is 2.29. The van der Waals surface area contributed by atoms with Crippen molar-refractivity contribution in [3.05, 3.63) is 114 Å². The summed E-state index contributed by atoms with van der Waals surface area (Å²) in [7, 11) is -4.11. The molecule has 210 valence electrons. The van der Waals surface area contributed by atoms with Crippen LogP contribution in [0.25, 0.3) is 0 Å². The van der Waals surface area contributed by atoms with E-state index in [4.69, 9.17) is 4.74 Å². The van der Waals surface area contributed by atoms with E-state index in [1.807, 2.05) is 37.3 Å². The molecule has 0 atom stereocenters. The molecule has 9 heteroatoms. The van der Waals surface area contributed by atoms with Crippen LogP contribution in [0.4, 0.5) is 11.4 Å². The summed E-state index contributed by atoms with van der Waals surface area (Å²) in [5.74, 6) is 0.431. The fourth-order valence-corrected chi connectivity index (χ4v) is 6.07. The monoisotopic (exact) mass is 569 g/mol. The van der Waals surface area contributed by atoms with E-state index in [2.05, 4.69) is 5.32 Å². The Morgan fingerprint density at radius 2 is 1.41 bits per heavy atom. The van der Waals surface area contributed by atoms with Gasteiger partial charge >= 0.3 is 0 Å². The predicted molar refractivity (Wildman–Crippen MR) is 159 cm³/mol. The van der Waals surface area contributed by atoms with Crippen LogP contribution >= 0.6 is 0 Å². The SMILES string of the molecule is Cc1ccc(S(=O)(=O)N(CC(=O)Nc2ccccc2C(=O)N2CCCC2)c2ccc(Oc3ccccc3)cc2)cc1. The lowest BCUT2D eigenvalue weighted by Gasteiger charge is -2.25. The summed E-state index contributed by atoms with van der Waals surface area (Å²) in [5.41, 5.74) is 1.92. The first kappa shape index (κ1) is 27.9. The Balaban J connectivity index is 1.41. The number of hydrogen-bond donors (Lipinski definition) is 1. The fourth-order valence-electron chi connectivity index (χ4n) is 4.65. The summed E-state index contributed by atoms with van der Waals surface area (Å²) < 4.78 is 34.5. The van der Waals surface area contributed by atoms with Crippen molar-refractivity contribution in [3.8, 4) is 11.5 Å². The lowest BCUT2D eigenvalue weighted by molar-refractivity contribution is -0.114. The summed E-state index contributed by atoms with van der Waals surface area (Å²) in [6, 6.07) is 29.0. The average molecular weight is 570 g/mol. The molecule has 2 amide bonds. The van der Waals surface area contributed by atoms with Crippen LogP contribution in [0, 0.1) is 6.92 Å². The number of nitrogens with zero attached hydrogens (tertiary/aromatic N) is 2. The van der Waals surface area contributed by atoms with E-state index >= 15 is 0 Å². The van der Waals surface area contributed by atoms with Gasteiger partial charge in [0.15, 0.2) is 0 Å². The molecule has 1 heterocycles. The third-order valence-electron chi connectivity index (χ3n) is 6.82. The molecule has 1 N–H and O–H groups in total. The summed E-state index contributed by atoms with van der Waals surface area (Å²) in [6.45, 7) is 2.72. The molecule has 0 bridgehead atoms. The maximum Gasteiger partial charge on any atom is 0.264 e. The molecule has 4 aromatic carbocycles. The zero-order valence-corrected chi connectivity index (χ0v) is 23.5. The largest absolute Gasteiger partial charge is 0.457 e. The van der Waals surface area contributed by atoms with Crippen molar-refractivity contribution in [2.75, 3.05) is 29.3 Å². The van der Waals surface area contributed by atoms with Gasteiger partial charge in [-0.1, -0.05) is 48.0 Å². The van der Waals surface area contributed by atoms with E-state index in [9.17, 15) is 18.0 Å². The highest BCUT2D eigenvalue weighted by Gasteiger charge is 2.28. The second-order valence-corrected chi connectivity index (χ2v) is 11.7. The third-order valence-corrected chi connectivity index (χ3v) is 8.61. The quantitative estimate of drug-likeness (QED) is 0.273. The van der Waals surface area contributed by atoms with Gasteiger partial charge in [-0.15, -0.1) is 0 Å². The van der Waals surface area contributed by atoms with Crippen molar-refractivity contribution in [1.82, 2.24) is 4.90 Å². The highest BCUT2D eigenvalue weighted by atomic mass is 32.2. The molecule has 8 nitrogen and oxygen atoms in total. The lowest BCUT2D eigenvalue weighted by Crippen LogP contribution is -2.38. The van der Waals surface area contributed by atoms with E-state index < -0.39 is 22.5 Å². The van der Waals surface area contributed by atoms with Crippen LogP contribution in [0.5, 0.6) is 11.5 Å². The second kappa shape index (κ2) is 12.3. The molecule has 0 radical (unpaired) electrons. The van der Waals surface area contributed by atoms with E-state index in [0.717, 1.165) is 22.7 Å². The molecule has 0 unspecified atom stereocenters. The summed E-state index contributed by atoms with van der Waals surface area (Å²) in [6.07, 6.45) is 1.89. The molecule has 0 aliphatic carbocycles. The van der Waals surface area contributed by atoms with Crippen LogP contribution in [0.15, 0.2) is 108 Å². The van der Waals surface area contributed by atoms with E-state index in [-0.39, 0.29) is 10.8 Å². The molecule has 1 saturated heterocycles. The van der Waals surface area contributed by atoms with Crippen molar-refractivity contribution in [2.45, 2.75) is 24.7 Å². The van der Waals surface area contributed by atoms with Crippen molar-refractivity contribution >= 4 is 33.2 Å². The first-order chi connectivity index (χ1) is 19.8. The molecule has 0 aromatic heterocycles. The number of anilines is 2. The third kappa shape index (κ3) is 6.58. The minimum Gasteiger partial charge on any atom is -0.457 e. The Morgan fingerprint density at radius 3 is 2.10 bits per heavy atom. The maximum atomic E-state index is 13.8. The normalized spacial score (nSPS) is 13.0. The van der Waals surface area contributed by atoms with Gasteiger partial charge in [-0.3, -0.25) is 13.9 Å². The number of benzene rings is 4. The molecule has 1 aliphatic rings. The second-order valence-electron chi connectivity index (χ2n) is 9.83. The highest BCUT2D eigenvalue weighted by molar-refractivity contribution is 7.92. The molecule has 1 fully saturated rings. The number of sulfonamides is 1. The van der Waals surface area contributed by atoms with Crippen LogP contribution in [0.2, 0.25) is 0 Å². The van der Waals surface area contributed by atoms with Crippen LogP contribution in [0.3, 0.4) is 0 Å². The predicted octanol–water partition coefficient (Wildman–Crippen LogP) is 5.86. The molecule has 4 aromatic rings. The Labute approximate surface area is 240 Å². The lowest BCUT2D eigenvalue weighted by atomic mass is 10.1. The van der Waals surface area contributed by atoms with Gasteiger partial charge < -0.3 is 15.0 Å². The summed E-state index contributed by atoms with van der Waals surface area (Å²) >= 11 is 0. The van der Waals surface area contributed by atoms with Gasteiger partial charge in [0, 0.05) is 13.1 Å². The first-order valence-corrected chi connectivity index (χ1v) is 14.9. The fraction of sp³-hybridized carbons (Fsp3) is 0.188. The number of carbonyl (C=O) groups is 2. The first-order valence-electron chi connectivity index (χ1n) is 13.4. The molecule has 0 spiro atoms. The van der Waals surface area contributed by atoms with E-state index in [1.165, 1.54) is 12.1 Å². The van der Waals surface area contributed by atoms with Gasteiger partial charge in [0.05, 0.1) is 21.8 Å². The number of hydrogen-bond acceptors (Lipinski definition) is 5. The Hall–Kier alpha value is -4.63. The van der Waals surface area contributed by atoms with Crippen LogP contribution in [-0.4, -0.2) is 44.8 Å². The van der Waals surface area contributed by atoms with Gasteiger partial charge in [-0.25, -0.2) is 8.42 Å². The van der Waals surface area contributed by atoms with Crippen molar-refractivity contribution in [2.24, 2.45) is 0 Å². The van der Waals surface area contributed by atoms with Crippen LogP contribution in [0.1, 0.15) is 28.8 Å². The Bertz CT molecular complexity index is 1620. The minimum absolute atomic E-state index is 0.0603. The number of carbonyl (C=O) groups excluding carboxylic acids is 2. The van der Waals surface area contributed by atoms with Gasteiger partial charge in [0.2, 0.25) is 5.91 Å². The molecular weight excluding hydrogens is 538 g/mol. The number of likely N-dealkylation sites (tertiary alicyclic amines) is 1. The standard InChI is InChI=1S/C32H31N3O5S/c1-24-13-19-28(20-14-24)41(38,39)35(25-15-17-27(18-16-25)40-26-9-3-2-4-10-26)23-31(36)33-30-12-6-5-11-29(30)32(37)34-21-7-8-22-34/h2-6,9-20H,7-8,21-23H2,1H3,(H,33,36). The van der Waals surface area contributed by atoms with E-state index in [0.29, 0.717) is 41.5 Å². The smallest absolute Gasteiger partial charge is 0.264 e. The molecule has 41 heavy (non-hydrogen) atoms. The molecular formula is C32H31N3O5S. The number of aryl methyl sites for hydroxylation is 1. The van der Waals surface area contributed by atoms with Crippen LogP contribution < -0.4 is 14.4 Å². The van der Waals surface area contributed by atoms with Gasteiger partial charge in [0.25, 0.3) is 15.9 Å². The average Bonchev–Trinajstić information content (AvgIpc) is 3.52. The number of rotatable bonds is 9. The van der Waals surface area contributed by atoms with Crippen molar-refractivity contribution in [3.63, 3.8) is 0 Å².